The average molecular weight is 170 g/mol. The van der Waals surface area contributed by atoms with E-state index in [9.17, 15) is 4.79 Å². The van der Waals surface area contributed by atoms with E-state index in [4.69, 9.17) is 15.3 Å². The van der Waals surface area contributed by atoms with Gasteiger partial charge in [-0.1, -0.05) is 0 Å². The van der Waals surface area contributed by atoms with Crippen LogP contribution in [0, 0.1) is 0 Å². The molecule has 0 heterocycles. The molecule has 0 atom stereocenters. The molecule has 3 N–H and O–H groups in total. The van der Waals surface area contributed by atoms with Crippen molar-refractivity contribution in [3.05, 3.63) is 23.2 Å². The number of carboxylic acids is 1. The molecule has 12 heavy (non-hydrogen) atoms. The number of aliphatic hydroxyl groups is 2. The lowest BCUT2D eigenvalue weighted by Crippen LogP contribution is -2.07. The van der Waals surface area contributed by atoms with E-state index >= 15 is 0 Å². The molecule has 0 aromatic heterocycles. The standard InChI is InChI=1S/C8H10O4/c9-6-4-2-1-3-5(6)7(10)8(11)12/h4,9-10H,1-3H2,(H,11,12)/b7-5-. The molecule has 0 saturated heterocycles. The second kappa shape index (κ2) is 3.30. The van der Waals surface area contributed by atoms with Gasteiger partial charge in [0.2, 0.25) is 5.76 Å². The second-order valence-corrected chi connectivity index (χ2v) is 2.61. The molecule has 0 aliphatic heterocycles. The molecule has 0 aromatic carbocycles. The van der Waals surface area contributed by atoms with Gasteiger partial charge in [-0.25, -0.2) is 4.79 Å². The summed E-state index contributed by atoms with van der Waals surface area (Å²) in [5.41, 5.74) is 0.133. The van der Waals surface area contributed by atoms with Crippen molar-refractivity contribution in [2.75, 3.05) is 0 Å². The Bertz CT molecular complexity index is 262. The van der Waals surface area contributed by atoms with Crippen molar-refractivity contribution in [2.45, 2.75) is 19.3 Å². The monoisotopic (exact) mass is 170 g/mol. The van der Waals surface area contributed by atoms with Crippen molar-refractivity contribution in [2.24, 2.45) is 0 Å². The van der Waals surface area contributed by atoms with Gasteiger partial charge in [-0.15, -0.1) is 0 Å². The molecule has 0 bridgehead atoms. The zero-order chi connectivity index (χ0) is 9.14. The van der Waals surface area contributed by atoms with Gasteiger partial charge in [-0.2, -0.15) is 0 Å². The Labute approximate surface area is 69.5 Å². The molecule has 0 fully saturated rings. The fourth-order valence-electron chi connectivity index (χ4n) is 1.14. The van der Waals surface area contributed by atoms with Gasteiger partial charge >= 0.3 is 5.97 Å². The minimum absolute atomic E-state index is 0.110. The Morgan fingerprint density at radius 3 is 2.58 bits per heavy atom. The summed E-state index contributed by atoms with van der Waals surface area (Å²) in [7, 11) is 0. The van der Waals surface area contributed by atoms with Crippen LogP contribution in [0.4, 0.5) is 0 Å². The van der Waals surface area contributed by atoms with Gasteiger partial charge in [0.1, 0.15) is 5.76 Å². The van der Waals surface area contributed by atoms with Gasteiger partial charge in [-0.05, 0) is 25.3 Å². The Morgan fingerprint density at radius 2 is 2.08 bits per heavy atom. The van der Waals surface area contributed by atoms with Crippen LogP contribution in [0.1, 0.15) is 19.3 Å². The normalized spacial score (nSPS) is 21.5. The van der Waals surface area contributed by atoms with Gasteiger partial charge in [0.05, 0.1) is 0 Å². The van der Waals surface area contributed by atoms with Crippen LogP contribution in [-0.2, 0) is 4.79 Å². The first kappa shape index (κ1) is 8.64. The summed E-state index contributed by atoms with van der Waals surface area (Å²) in [6.07, 6.45) is 3.41. The van der Waals surface area contributed by atoms with Crippen LogP contribution in [0.5, 0.6) is 0 Å². The number of carboxylic acid groups (broad SMARTS) is 1. The number of hydrogen-bond acceptors (Lipinski definition) is 3. The molecule has 0 aromatic rings. The van der Waals surface area contributed by atoms with Gasteiger partial charge in [0.25, 0.3) is 0 Å². The predicted octanol–water partition coefficient (Wildman–Crippen LogP) is 1.51. The number of aliphatic carboxylic acids is 1. The van der Waals surface area contributed by atoms with Gasteiger partial charge < -0.3 is 15.3 Å². The lowest BCUT2D eigenvalue weighted by Gasteiger charge is -2.11. The molecule has 0 amide bonds. The number of aliphatic hydroxyl groups excluding tert-OH is 2. The third kappa shape index (κ3) is 1.58. The highest BCUT2D eigenvalue weighted by atomic mass is 16.4. The van der Waals surface area contributed by atoms with E-state index in [-0.39, 0.29) is 11.3 Å². The van der Waals surface area contributed by atoms with Gasteiger partial charge in [0, 0.05) is 5.57 Å². The van der Waals surface area contributed by atoms with Crippen LogP contribution in [0.25, 0.3) is 0 Å². The maximum Gasteiger partial charge on any atom is 0.371 e. The summed E-state index contributed by atoms with van der Waals surface area (Å²) in [5, 5.41) is 26.6. The second-order valence-electron chi connectivity index (χ2n) is 2.61. The van der Waals surface area contributed by atoms with Crippen LogP contribution in [-0.4, -0.2) is 21.3 Å². The SMILES string of the molecule is O=C(O)/C(O)=C1\CCCC=C1O. The number of hydrogen-bond donors (Lipinski definition) is 3. The van der Waals surface area contributed by atoms with Crippen molar-refractivity contribution >= 4 is 5.97 Å². The van der Waals surface area contributed by atoms with E-state index in [1.807, 2.05) is 0 Å². The van der Waals surface area contributed by atoms with Gasteiger partial charge in [-0.3, -0.25) is 0 Å². The van der Waals surface area contributed by atoms with Crippen molar-refractivity contribution in [3.8, 4) is 0 Å². The molecule has 0 saturated carbocycles. The predicted molar refractivity (Wildman–Crippen MR) is 41.9 cm³/mol. The summed E-state index contributed by atoms with van der Waals surface area (Å²) in [6.45, 7) is 0. The van der Waals surface area contributed by atoms with E-state index in [1.54, 1.807) is 0 Å². The molecular weight excluding hydrogens is 160 g/mol. The Hall–Kier alpha value is -1.45. The molecule has 1 aliphatic rings. The molecule has 0 spiro atoms. The third-order valence-electron chi connectivity index (χ3n) is 1.77. The largest absolute Gasteiger partial charge is 0.508 e. The van der Waals surface area contributed by atoms with Crippen LogP contribution < -0.4 is 0 Å². The maximum atomic E-state index is 10.3. The van der Waals surface area contributed by atoms with Crippen molar-refractivity contribution in [3.63, 3.8) is 0 Å². The number of rotatable bonds is 1. The summed E-state index contributed by atoms with van der Waals surface area (Å²) in [4.78, 5) is 10.3. The van der Waals surface area contributed by atoms with Crippen LogP contribution in [0.3, 0.4) is 0 Å². The summed E-state index contributed by atoms with van der Waals surface area (Å²) in [6, 6.07) is 0. The third-order valence-corrected chi connectivity index (χ3v) is 1.77. The first-order chi connectivity index (χ1) is 5.63. The van der Waals surface area contributed by atoms with Crippen LogP contribution >= 0.6 is 0 Å². The van der Waals surface area contributed by atoms with Crippen molar-refractivity contribution < 1.29 is 20.1 Å². The molecule has 0 unspecified atom stereocenters. The fourth-order valence-corrected chi connectivity index (χ4v) is 1.14. The number of carbonyl (C=O) groups is 1. The zero-order valence-electron chi connectivity index (χ0n) is 6.45. The highest BCUT2D eigenvalue weighted by Gasteiger charge is 2.18. The van der Waals surface area contributed by atoms with Gasteiger partial charge in [0.15, 0.2) is 0 Å². The van der Waals surface area contributed by atoms with Crippen LogP contribution in [0.15, 0.2) is 23.2 Å². The first-order valence-corrected chi connectivity index (χ1v) is 3.68. The molecule has 1 aliphatic carbocycles. The summed E-state index contributed by atoms with van der Waals surface area (Å²) in [5.74, 6) is -2.25. The molecular formula is C8H10O4. The molecule has 0 radical (unpaired) electrons. The van der Waals surface area contributed by atoms with E-state index in [0.29, 0.717) is 6.42 Å². The quantitative estimate of drug-likeness (QED) is 0.411. The lowest BCUT2D eigenvalue weighted by atomic mass is 9.99. The van der Waals surface area contributed by atoms with E-state index in [2.05, 4.69) is 0 Å². The fraction of sp³-hybridized carbons (Fsp3) is 0.375. The minimum Gasteiger partial charge on any atom is -0.508 e. The van der Waals surface area contributed by atoms with Crippen LogP contribution in [0.2, 0.25) is 0 Å². The molecule has 4 heteroatoms. The lowest BCUT2D eigenvalue weighted by molar-refractivity contribution is -0.135. The zero-order valence-corrected chi connectivity index (χ0v) is 6.45. The van der Waals surface area contributed by atoms with E-state index < -0.39 is 11.7 Å². The topological polar surface area (TPSA) is 77.8 Å². The molecule has 66 valence electrons. The maximum absolute atomic E-state index is 10.3. The Kier molecular flexibility index (Phi) is 2.38. The van der Waals surface area contributed by atoms with E-state index in [1.165, 1.54) is 6.08 Å². The molecule has 1 rings (SSSR count). The van der Waals surface area contributed by atoms with Crippen molar-refractivity contribution in [1.82, 2.24) is 0 Å². The Morgan fingerprint density at radius 1 is 1.42 bits per heavy atom. The summed E-state index contributed by atoms with van der Waals surface area (Å²) >= 11 is 0. The highest BCUT2D eigenvalue weighted by molar-refractivity contribution is 5.85. The van der Waals surface area contributed by atoms with Crippen molar-refractivity contribution in [1.29, 1.82) is 0 Å². The average Bonchev–Trinajstić information content (AvgIpc) is 2.04. The number of allylic oxidation sites excluding steroid dienone is 2. The highest BCUT2D eigenvalue weighted by Crippen LogP contribution is 2.24. The molecule has 4 nitrogen and oxygen atoms in total. The smallest absolute Gasteiger partial charge is 0.371 e. The first-order valence-electron chi connectivity index (χ1n) is 3.68. The van der Waals surface area contributed by atoms with E-state index in [0.717, 1.165) is 12.8 Å². The Balaban J connectivity index is 3.00. The minimum atomic E-state index is -1.40. The summed E-state index contributed by atoms with van der Waals surface area (Å²) < 4.78 is 0.